The summed E-state index contributed by atoms with van der Waals surface area (Å²) in [5.74, 6) is -0.244. The van der Waals surface area contributed by atoms with Crippen LogP contribution in [0.15, 0.2) is 54.6 Å². The lowest BCUT2D eigenvalue weighted by atomic mass is 9.92. The highest BCUT2D eigenvalue weighted by atomic mass is 35.5. The Morgan fingerprint density at radius 2 is 1.83 bits per heavy atom. The van der Waals surface area contributed by atoms with Crippen LogP contribution in [0.25, 0.3) is 0 Å². The number of nitriles is 1. The first-order chi connectivity index (χ1) is 11.7. The van der Waals surface area contributed by atoms with Crippen LogP contribution in [0.1, 0.15) is 17.2 Å². The predicted molar refractivity (Wildman–Crippen MR) is 96.1 cm³/mol. The summed E-state index contributed by atoms with van der Waals surface area (Å²) in [5, 5.41) is 16.3. The van der Waals surface area contributed by atoms with Gasteiger partial charge in [-0.05, 0) is 23.3 Å². The molecular weight excluding hydrogens is 342 g/mol. The van der Waals surface area contributed by atoms with Gasteiger partial charge in [-0.3, -0.25) is 10.1 Å². The van der Waals surface area contributed by atoms with E-state index in [4.69, 9.17) is 11.6 Å². The Kier molecular flexibility index (Phi) is 5.41. The van der Waals surface area contributed by atoms with Crippen LogP contribution in [-0.2, 0) is 10.5 Å². The number of nitrogens with one attached hydrogen (secondary N) is 2. The van der Waals surface area contributed by atoms with Crippen LogP contribution in [0.3, 0.4) is 0 Å². The number of hydrogen-bond donors (Lipinski definition) is 2. The molecule has 0 aromatic heterocycles. The van der Waals surface area contributed by atoms with E-state index in [-0.39, 0.29) is 17.4 Å². The first-order valence-corrected chi connectivity index (χ1v) is 8.97. The van der Waals surface area contributed by atoms with Crippen molar-refractivity contribution in [2.75, 3.05) is 0 Å². The van der Waals surface area contributed by atoms with Crippen molar-refractivity contribution in [1.29, 1.82) is 5.26 Å². The van der Waals surface area contributed by atoms with Gasteiger partial charge in [0, 0.05) is 10.8 Å². The molecule has 122 valence electrons. The van der Waals surface area contributed by atoms with Gasteiger partial charge in [0.05, 0.1) is 12.1 Å². The SMILES string of the molecule is N#CC1C(=O)NC(SCc2ccc(Cl)cc2)NC1c1ccccc1. The summed E-state index contributed by atoms with van der Waals surface area (Å²) in [6.07, 6.45) is 0. The Balaban J connectivity index is 1.70. The van der Waals surface area contributed by atoms with Crippen molar-refractivity contribution in [3.05, 3.63) is 70.7 Å². The van der Waals surface area contributed by atoms with Crippen molar-refractivity contribution < 1.29 is 4.79 Å². The van der Waals surface area contributed by atoms with E-state index >= 15 is 0 Å². The van der Waals surface area contributed by atoms with Crippen molar-refractivity contribution in [2.24, 2.45) is 5.92 Å². The topological polar surface area (TPSA) is 64.9 Å². The van der Waals surface area contributed by atoms with E-state index in [1.54, 1.807) is 11.8 Å². The Hall–Kier alpha value is -2.00. The summed E-state index contributed by atoms with van der Waals surface area (Å²) in [6, 6.07) is 19.0. The van der Waals surface area contributed by atoms with Crippen molar-refractivity contribution in [3.8, 4) is 6.07 Å². The molecule has 1 saturated heterocycles. The Morgan fingerprint density at radius 3 is 2.50 bits per heavy atom. The zero-order valence-electron chi connectivity index (χ0n) is 12.8. The van der Waals surface area contributed by atoms with Crippen molar-refractivity contribution in [1.82, 2.24) is 10.6 Å². The van der Waals surface area contributed by atoms with Crippen LogP contribution in [0.2, 0.25) is 5.02 Å². The fourth-order valence-electron chi connectivity index (χ4n) is 2.60. The number of rotatable bonds is 4. The summed E-state index contributed by atoms with van der Waals surface area (Å²) < 4.78 is 0. The van der Waals surface area contributed by atoms with Gasteiger partial charge in [-0.15, -0.1) is 11.8 Å². The molecule has 0 radical (unpaired) electrons. The molecule has 0 aliphatic carbocycles. The van der Waals surface area contributed by atoms with Crippen LogP contribution in [0, 0.1) is 17.2 Å². The number of carbonyl (C=O) groups excluding carboxylic acids is 1. The third-order valence-corrected chi connectivity index (χ3v) is 5.19. The Bertz CT molecular complexity index is 745. The number of nitrogens with zero attached hydrogens (tertiary/aromatic N) is 1. The third kappa shape index (κ3) is 3.90. The van der Waals surface area contributed by atoms with E-state index in [9.17, 15) is 10.1 Å². The number of benzene rings is 2. The summed E-state index contributed by atoms with van der Waals surface area (Å²) in [4.78, 5) is 12.3. The number of hydrogen-bond acceptors (Lipinski definition) is 4. The van der Waals surface area contributed by atoms with E-state index in [2.05, 4.69) is 16.7 Å². The lowest BCUT2D eigenvalue weighted by molar-refractivity contribution is -0.126. The van der Waals surface area contributed by atoms with Crippen LogP contribution in [0.4, 0.5) is 0 Å². The maximum absolute atomic E-state index is 12.3. The zero-order valence-corrected chi connectivity index (χ0v) is 14.3. The molecule has 1 fully saturated rings. The van der Waals surface area contributed by atoms with E-state index in [0.717, 1.165) is 16.9 Å². The van der Waals surface area contributed by atoms with Gasteiger partial charge >= 0.3 is 0 Å². The van der Waals surface area contributed by atoms with Crippen molar-refractivity contribution in [2.45, 2.75) is 17.3 Å². The van der Waals surface area contributed by atoms with Gasteiger partial charge in [0.2, 0.25) is 5.91 Å². The van der Waals surface area contributed by atoms with Crippen molar-refractivity contribution in [3.63, 3.8) is 0 Å². The van der Waals surface area contributed by atoms with Gasteiger partial charge in [-0.25, -0.2) is 0 Å². The molecule has 0 spiro atoms. The highest BCUT2D eigenvalue weighted by Crippen LogP contribution is 2.29. The minimum Gasteiger partial charge on any atom is -0.331 e. The monoisotopic (exact) mass is 357 g/mol. The van der Waals surface area contributed by atoms with Gasteiger partial charge in [-0.2, -0.15) is 5.26 Å². The van der Waals surface area contributed by atoms with Gasteiger partial charge in [0.1, 0.15) is 11.4 Å². The van der Waals surface area contributed by atoms with Crippen LogP contribution < -0.4 is 10.6 Å². The standard InChI is InChI=1S/C18H16ClN3OS/c19-14-8-6-12(7-9-14)11-24-18-21-16(13-4-2-1-3-5-13)15(10-20)17(23)22-18/h1-9,15-16,18,21H,11H2,(H,22,23). The molecule has 4 nitrogen and oxygen atoms in total. The molecule has 1 amide bonds. The highest BCUT2D eigenvalue weighted by molar-refractivity contribution is 7.99. The quantitative estimate of drug-likeness (QED) is 0.879. The normalized spacial score (nSPS) is 23.3. The lowest BCUT2D eigenvalue weighted by Crippen LogP contribution is -2.55. The molecule has 2 aromatic rings. The highest BCUT2D eigenvalue weighted by Gasteiger charge is 2.37. The fraction of sp³-hybridized carbons (Fsp3) is 0.222. The smallest absolute Gasteiger partial charge is 0.241 e. The maximum Gasteiger partial charge on any atom is 0.241 e. The Labute approximate surface area is 150 Å². The molecule has 0 bridgehead atoms. The molecule has 3 unspecified atom stereocenters. The Morgan fingerprint density at radius 1 is 1.12 bits per heavy atom. The molecule has 0 saturated carbocycles. The fourth-order valence-corrected chi connectivity index (χ4v) is 3.72. The molecule has 1 aliphatic rings. The number of carbonyl (C=O) groups is 1. The van der Waals surface area contributed by atoms with Gasteiger partial charge in [-0.1, -0.05) is 54.1 Å². The third-order valence-electron chi connectivity index (χ3n) is 3.85. The van der Waals surface area contributed by atoms with Gasteiger partial charge in [0.25, 0.3) is 0 Å². The van der Waals surface area contributed by atoms with Gasteiger partial charge < -0.3 is 5.32 Å². The second-order valence-corrected chi connectivity index (χ2v) is 7.02. The van der Waals surface area contributed by atoms with E-state index < -0.39 is 5.92 Å². The molecule has 2 aromatic carbocycles. The van der Waals surface area contributed by atoms with E-state index in [1.807, 2.05) is 54.6 Å². The lowest BCUT2D eigenvalue weighted by Gasteiger charge is -2.34. The predicted octanol–water partition coefficient (Wildman–Crippen LogP) is 3.46. The minimum atomic E-state index is -0.736. The van der Waals surface area contributed by atoms with Crippen molar-refractivity contribution >= 4 is 29.3 Å². The van der Waals surface area contributed by atoms with Crippen LogP contribution in [0.5, 0.6) is 0 Å². The first-order valence-electron chi connectivity index (χ1n) is 7.54. The number of thioether (sulfide) groups is 1. The maximum atomic E-state index is 12.3. The molecule has 3 rings (SSSR count). The van der Waals surface area contributed by atoms with Crippen LogP contribution in [-0.4, -0.2) is 11.4 Å². The van der Waals surface area contributed by atoms with Gasteiger partial charge in [0.15, 0.2) is 0 Å². The molecule has 6 heteroatoms. The first kappa shape index (κ1) is 16.8. The number of halogens is 1. The number of amides is 1. The second kappa shape index (κ2) is 7.71. The summed E-state index contributed by atoms with van der Waals surface area (Å²) >= 11 is 7.47. The summed E-state index contributed by atoms with van der Waals surface area (Å²) in [7, 11) is 0. The van der Waals surface area contributed by atoms with Crippen LogP contribution >= 0.6 is 23.4 Å². The molecule has 1 heterocycles. The summed E-state index contributed by atoms with van der Waals surface area (Å²) in [5.41, 5.74) is 1.82. The molecule has 3 atom stereocenters. The molecular formula is C18H16ClN3OS. The second-order valence-electron chi connectivity index (χ2n) is 5.49. The minimum absolute atomic E-state index is 0.237. The van der Waals surface area contributed by atoms with E-state index in [1.165, 1.54) is 0 Å². The van der Waals surface area contributed by atoms with E-state index in [0.29, 0.717) is 5.02 Å². The average molecular weight is 358 g/mol. The largest absolute Gasteiger partial charge is 0.331 e. The average Bonchev–Trinajstić information content (AvgIpc) is 2.61. The molecule has 2 N–H and O–H groups in total. The summed E-state index contributed by atoms with van der Waals surface area (Å²) in [6.45, 7) is 0. The molecule has 24 heavy (non-hydrogen) atoms. The zero-order chi connectivity index (χ0) is 16.9. The molecule has 1 aliphatic heterocycles.